The molecule has 0 saturated carbocycles. The van der Waals surface area contributed by atoms with Crippen molar-refractivity contribution in [2.45, 2.75) is 64.8 Å². The van der Waals surface area contributed by atoms with Crippen LogP contribution in [-0.2, 0) is 20.9 Å². The summed E-state index contributed by atoms with van der Waals surface area (Å²) in [6, 6.07) is 16.1. The molecule has 3 rings (SSSR count). The van der Waals surface area contributed by atoms with Gasteiger partial charge in [0.15, 0.2) is 0 Å². The van der Waals surface area contributed by atoms with E-state index < -0.39 is 17.7 Å². The lowest BCUT2D eigenvalue weighted by Gasteiger charge is -2.34. The van der Waals surface area contributed by atoms with Crippen molar-refractivity contribution >= 4 is 29.5 Å². The molecule has 3 amide bonds. The Morgan fingerprint density at radius 3 is 2.22 bits per heavy atom. The van der Waals surface area contributed by atoms with Gasteiger partial charge in [0.1, 0.15) is 18.2 Å². The fourth-order valence-corrected chi connectivity index (χ4v) is 3.72. The molecule has 0 aliphatic carbocycles. The molecular formula is C27H36N4O5. The van der Waals surface area contributed by atoms with E-state index in [1.807, 2.05) is 69.3 Å². The van der Waals surface area contributed by atoms with Crippen LogP contribution in [-0.4, -0.2) is 53.8 Å². The zero-order valence-corrected chi connectivity index (χ0v) is 21.4. The largest absolute Gasteiger partial charge is 0.445 e. The molecule has 36 heavy (non-hydrogen) atoms. The predicted octanol–water partition coefficient (Wildman–Crippen LogP) is 4.75. The molecule has 0 bridgehead atoms. The third-order valence-corrected chi connectivity index (χ3v) is 5.63. The summed E-state index contributed by atoms with van der Waals surface area (Å²) in [7, 11) is 0. The summed E-state index contributed by atoms with van der Waals surface area (Å²) in [5.74, 6) is -0.361. The number of piperidine rings is 1. The Morgan fingerprint density at radius 2 is 1.58 bits per heavy atom. The summed E-state index contributed by atoms with van der Waals surface area (Å²) in [6.07, 6.45) is 0.557. The highest BCUT2D eigenvalue weighted by Crippen LogP contribution is 2.25. The standard InChI is InChI=1S/C27H36N4O5/c1-19(28-25(33)35-18-20-10-6-5-7-11-20)24(32)30-23-13-9-8-12-22(23)29-21-14-16-31(17-15-21)26(34)36-27(2,3)4/h5-13,19,21,29H,14-18H2,1-4H3,(H,28,33)(H,30,32)/t19-/m0/s1. The lowest BCUT2D eigenvalue weighted by atomic mass is 10.0. The van der Waals surface area contributed by atoms with Crippen LogP contribution < -0.4 is 16.0 Å². The Balaban J connectivity index is 1.48. The fourth-order valence-electron chi connectivity index (χ4n) is 3.72. The lowest BCUT2D eigenvalue weighted by Crippen LogP contribution is -2.44. The number of likely N-dealkylation sites (tertiary alicyclic amines) is 1. The van der Waals surface area contributed by atoms with E-state index in [9.17, 15) is 14.4 Å². The van der Waals surface area contributed by atoms with E-state index in [2.05, 4.69) is 16.0 Å². The van der Waals surface area contributed by atoms with Crippen molar-refractivity contribution in [2.75, 3.05) is 23.7 Å². The zero-order valence-electron chi connectivity index (χ0n) is 21.4. The minimum Gasteiger partial charge on any atom is -0.445 e. The second kappa shape index (κ2) is 12.3. The van der Waals surface area contributed by atoms with E-state index in [0.29, 0.717) is 18.8 Å². The molecule has 2 aromatic rings. The molecule has 1 fully saturated rings. The van der Waals surface area contributed by atoms with Crippen molar-refractivity contribution < 1.29 is 23.9 Å². The molecule has 2 aromatic carbocycles. The van der Waals surface area contributed by atoms with E-state index in [4.69, 9.17) is 9.47 Å². The minimum absolute atomic E-state index is 0.126. The molecule has 1 heterocycles. The molecule has 0 radical (unpaired) electrons. The summed E-state index contributed by atoms with van der Waals surface area (Å²) >= 11 is 0. The van der Waals surface area contributed by atoms with Gasteiger partial charge in [0.2, 0.25) is 5.91 Å². The molecule has 9 nitrogen and oxygen atoms in total. The molecule has 0 spiro atoms. The topological polar surface area (TPSA) is 109 Å². The molecule has 3 N–H and O–H groups in total. The Labute approximate surface area is 212 Å². The molecule has 1 saturated heterocycles. The molecule has 194 valence electrons. The van der Waals surface area contributed by atoms with Gasteiger partial charge in [-0.15, -0.1) is 0 Å². The number of anilines is 2. The van der Waals surface area contributed by atoms with Crippen molar-refractivity contribution in [1.29, 1.82) is 0 Å². The first-order valence-electron chi connectivity index (χ1n) is 12.2. The maximum absolute atomic E-state index is 12.7. The Bertz CT molecular complexity index is 1030. The number of nitrogens with zero attached hydrogens (tertiary/aromatic N) is 1. The number of benzene rings is 2. The van der Waals surface area contributed by atoms with Gasteiger partial charge in [-0.1, -0.05) is 42.5 Å². The number of amides is 3. The maximum atomic E-state index is 12.7. The van der Waals surface area contributed by atoms with Crippen LogP contribution in [0.2, 0.25) is 0 Å². The normalized spacial score (nSPS) is 14.9. The smallest absolute Gasteiger partial charge is 0.410 e. The van der Waals surface area contributed by atoms with Gasteiger partial charge in [-0.05, 0) is 58.2 Å². The lowest BCUT2D eigenvalue weighted by molar-refractivity contribution is -0.117. The first kappa shape index (κ1) is 26.8. The van der Waals surface area contributed by atoms with E-state index in [-0.39, 0.29) is 24.6 Å². The van der Waals surface area contributed by atoms with Crippen LogP contribution in [0.25, 0.3) is 0 Å². The highest BCUT2D eigenvalue weighted by Gasteiger charge is 2.27. The van der Waals surface area contributed by atoms with Crippen LogP contribution in [0.4, 0.5) is 21.0 Å². The Morgan fingerprint density at radius 1 is 0.972 bits per heavy atom. The van der Waals surface area contributed by atoms with Gasteiger partial charge in [0.05, 0.1) is 11.4 Å². The van der Waals surface area contributed by atoms with Crippen molar-refractivity contribution in [3.05, 3.63) is 60.2 Å². The van der Waals surface area contributed by atoms with E-state index in [1.165, 1.54) is 0 Å². The summed E-state index contributed by atoms with van der Waals surface area (Å²) in [4.78, 5) is 38.9. The Hall–Kier alpha value is -3.75. The van der Waals surface area contributed by atoms with Gasteiger partial charge >= 0.3 is 12.2 Å². The van der Waals surface area contributed by atoms with Crippen LogP contribution in [0, 0.1) is 0 Å². The number of para-hydroxylation sites is 2. The van der Waals surface area contributed by atoms with Crippen molar-refractivity contribution in [2.24, 2.45) is 0 Å². The van der Waals surface area contributed by atoms with Crippen LogP contribution in [0.1, 0.15) is 46.1 Å². The molecular weight excluding hydrogens is 460 g/mol. The highest BCUT2D eigenvalue weighted by atomic mass is 16.6. The third-order valence-electron chi connectivity index (χ3n) is 5.63. The third kappa shape index (κ3) is 8.48. The first-order valence-corrected chi connectivity index (χ1v) is 12.2. The molecule has 0 aromatic heterocycles. The summed E-state index contributed by atoms with van der Waals surface area (Å²) in [5.41, 5.74) is 1.74. The maximum Gasteiger partial charge on any atom is 0.410 e. The minimum atomic E-state index is -0.793. The van der Waals surface area contributed by atoms with Crippen LogP contribution in [0.3, 0.4) is 0 Å². The van der Waals surface area contributed by atoms with Gasteiger partial charge < -0.3 is 30.3 Å². The summed E-state index contributed by atoms with van der Waals surface area (Å²) in [5, 5.41) is 8.91. The second-order valence-electron chi connectivity index (χ2n) is 9.85. The second-order valence-corrected chi connectivity index (χ2v) is 9.85. The van der Waals surface area contributed by atoms with Crippen molar-refractivity contribution in [1.82, 2.24) is 10.2 Å². The number of nitrogens with one attached hydrogen (secondary N) is 3. The predicted molar refractivity (Wildman–Crippen MR) is 139 cm³/mol. The quantitative estimate of drug-likeness (QED) is 0.510. The van der Waals surface area contributed by atoms with Gasteiger partial charge in [0, 0.05) is 19.1 Å². The number of ether oxygens (including phenoxy) is 2. The number of hydrogen-bond acceptors (Lipinski definition) is 6. The van der Waals surface area contributed by atoms with E-state index in [1.54, 1.807) is 17.9 Å². The summed E-state index contributed by atoms with van der Waals surface area (Å²) in [6.45, 7) is 8.47. The Kier molecular flexibility index (Phi) is 9.16. The van der Waals surface area contributed by atoms with Crippen molar-refractivity contribution in [3.63, 3.8) is 0 Å². The molecule has 9 heteroatoms. The van der Waals surface area contributed by atoms with Gasteiger partial charge in [-0.3, -0.25) is 4.79 Å². The monoisotopic (exact) mass is 496 g/mol. The molecule has 1 aliphatic rings. The first-order chi connectivity index (χ1) is 17.1. The number of hydrogen-bond donors (Lipinski definition) is 3. The van der Waals surface area contributed by atoms with E-state index >= 15 is 0 Å². The van der Waals surface area contributed by atoms with Gasteiger partial charge in [-0.2, -0.15) is 0 Å². The zero-order chi connectivity index (χ0) is 26.1. The summed E-state index contributed by atoms with van der Waals surface area (Å²) < 4.78 is 10.7. The number of rotatable bonds is 7. The van der Waals surface area contributed by atoms with Crippen LogP contribution >= 0.6 is 0 Å². The van der Waals surface area contributed by atoms with Crippen molar-refractivity contribution in [3.8, 4) is 0 Å². The SMILES string of the molecule is C[C@H](NC(=O)OCc1ccccc1)C(=O)Nc1ccccc1NC1CCN(C(=O)OC(C)(C)C)CC1. The average Bonchev–Trinajstić information content (AvgIpc) is 2.84. The molecule has 0 unspecified atom stereocenters. The number of carbonyl (C=O) groups is 3. The van der Waals surface area contributed by atoms with Gasteiger partial charge in [0.25, 0.3) is 0 Å². The van der Waals surface area contributed by atoms with Crippen LogP contribution in [0.15, 0.2) is 54.6 Å². The number of carbonyl (C=O) groups excluding carboxylic acids is 3. The molecule has 1 aliphatic heterocycles. The van der Waals surface area contributed by atoms with Crippen LogP contribution in [0.5, 0.6) is 0 Å². The number of alkyl carbamates (subject to hydrolysis) is 1. The molecule has 1 atom stereocenters. The fraction of sp³-hybridized carbons (Fsp3) is 0.444. The highest BCUT2D eigenvalue weighted by molar-refractivity contribution is 5.98. The van der Waals surface area contributed by atoms with E-state index in [0.717, 1.165) is 24.1 Å². The average molecular weight is 497 g/mol. The van der Waals surface area contributed by atoms with Gasteiger partial charge in [-0.25, -0.2) is 9.59 Å².